The molecule has 0 atom stereocenters. The summed E-state index contributed by atoms with van der Waals surface area (Å²) in [5.74, 6) is -2.73. The maximum atomic E-state index is 12.7. The number of carbonyl (C=O) groups is 1. The van der Waals surface area contributed by atoms with Crippen LogP contribution in [0, 0.1) is 0 Å². The summed E-state index contributed by atoms with van der Waals surface area (Å²) in [5.41, 5.74) is -0.888. The number of hydrogen-bond donors (Lipinski definition) is 0. The summed E-state index contributed by atoms with van der Waals surface area (Å²) in [6.07, 6.45) is -7.72. The number of hydrogen-bond acceptors (Lipinski definition) is 6. The molecule has 2 aromatic rings. The minimum Gasteiger partial charge on any atom is -0.460 e. The van der Waals surface area contributed by atoms with Gasteiger partial charge in [0.2, 0.25) is 5.82 Å². The summed E-state index contributed by atoms with van der Waals surface area (Å²) in [7, 11) is 0. The highest BCUT2D eigenvalue weighted by Crippen LogP contribution is 2.34. The zero-order valence-electron chi connectivity index (χ0n) is 16.1. The van der Waals surface area contributed by atoms with Crippen LogP contribution in [-0.4, -0.2) is 32.9 Å². The van der Waals surface area contributed by atoms with Gasteiger partial charge in [0, 0.05) is 35.6 Å². The number of carbonyl (C=O) groups excluding carboxylic acids is 1. The smallest absolute Gasteiger partial charge is 0.460 e. The molecule has 0 bridgehead atoms. The Labute approximate surface area is 167 Å². The molecule has 164 valence electrons. The summed E-state index contributed by atoms with van der Waals surface area (Å²) < 4.78 is 85.0. The van der Waals surface area contributed by atoms with Crippen molar-refractivity contribution in [2.24, 2.45) is 0 Å². The van der Waals surface area contributed by atoms with Gasteiger partial charge in [-0.05, 0) is 26.8 Å². The average Bonchev–Trinajstić information content (AvgIpc) is 2.57. The topological polar surface area (TPSA) is 74.2 Å². The van der Waals surface area contributed by atoms with Crippen LogP contribution in [0.3, 0.4) is 0 Å². The number of ether oxygens (including phenoxy) is 2. The zero-order chi connectivity index (χ0) is 22.7. The highest BCUT2D eigenvalue weighted by molar-refractivity contribution is 5.71. The minimum atomic E-state index is -5.05. The molecule has 0 N–H and O–H groups in total. The fourth-order valence-corrected chi connectivity index (χ4v) is 2.29. The minimum absolute atomic E-state index is 0.0235. The van der Waals surface area contributed by atoms with Crippen molar-refractivity contribution < 1.29 is 40.6 Å². The fraction of sp³-hybridized carbons (Fsp3) is 0.444. The third kappa shape index (κ3) is 7.16. The number of pyridine rings is 1. The van der Waals surface area contributed by atoms with Gasteiger partial charge in [-0.3, -0.25) is 9.78 Å². The first-order valence-electron chi connectivity index (χ1n) is 8.50. The second kappa shape index (κ2) is 8.44. The van der Waals surface area contributed by atoms with Crippen molar-refractivity contribution in [3.63, 3.8) is 0 Å². The predicted octanol–water partition coefficient (Wildman–Crippen LogP) is 4.73. The molecule has 0 amide bonds. The molecule has 2 aromatic heterocycles. The lowest BCUT2D eigenvalue weighted by molar-refractivity contribution is -0.274. The summed E-state index contributed by atoms with van der Waals surface area (Å²) >= 11 is 0. The number of nitrogens with zero attached hydrogens (tertiary/aromatic N) is 3. The van der Waals surface area contributed by atoms with Crippen molar-refractivity contribution in [1.29, 1.82) is 0 Å². The Hall–Kier alpha value is -2.92. The fourth-order valence-electron chi connectivity index (χ4n) is 2.29. The molecule has 0 aliphatic carbocycles. The highest BCUT2D eigenvalue weighted by Gasteiger charge is 2.35. The van der Waals surface area contributed by atoms with Crippen LogP contribution in [0.25, 0.3) is 11.1 Å². The second-order valence-electron chi connectivity index (χ2n) is 7.10. The van der Waals surface area contributed by atoms with Gasteiger partial charge < -0.3 is 9.47 Å². The molecule has 0 aliphatic heterocycles. The first-order chi connectivity index (χ1) is 13.6. The molecular formula is C18H17F6N3O3. The van der Waals surface area contributed by atoms with Gasteiger partial charge in [-0.2, -0.15) is 13.2 Å². The number of alkyl halides is 6. The lowest BCUT2D eigenvalue weighted by Gasteiger charge is -2.19. The largest absolute Gasteiger partial charge is 0.573 e. The number of aryl methyl sites for hydroxylation is 1. The second-order valence-corrected chi connectivity index (χ2v) is 7.10. The Morgan fingerprint density at radius 3 is 2.07 bits per heavy atom. The van der Waals surface area contributed by atoms with Crippen LogP contribution in [0.4, 0.5) is 26.3 Å². The molecule has 0 saturated carbocycles. The van der Waals surface area contributed by atoms with Gasteiger partial charge in [-0.1, -0.05) is 0 Å². The summed E-state index contributed by atoms with van der Waals surface area (Å²) in [5, 5.41) is 0. The van der Waals surface area contributed by atoms with Crippen LogP contribution in [0.2, 0.25) is 0 Å². The molecule has 0 aromatic carbocycles. The SMILES string of the molecule is CC(C)(C)OC(=O)CCc1cc(-c2cnc(C(F)(F)F)nc2)c(OC(F)(F)F)cn1. The Bertz CT molecular complexity index is 890. The Balaban J connectivity index is 2.33. The Kier molecular flexibility index (Phi) is 6.57. The van der Waals surface area contributed by atoms with E-state index < -0.39 is 35.7 Å². The molecule has 30 heavy (non-hydrogen) atoms. The number of rotatable bonds is 5. The molecule has 0 fully saturated rings. The quantitative estimate of drug-likeness (QED) is 0.497. The maximum absolute atomic E-state index is 12.7. The van der Waals surface area contributed by atoms with Crippen molar-refractivity contribution in [2.75, 3.05) is 0 Å². The average molecular weight is 437 g/mol. The van der Waals surface area contributed by atoms with Gasteiger partial charge >= 0.3 is 18.5 Å². The van der Waals surface area contributed by atoms with Crippen molar-refractivity contribution >= 4 is 5.97 Å². The Morgan fingerprint density at radius 2 is 1.57 bits per heavy atom. The van der Waals surface area contributed by atoms with Crippen LogP contribution < -0.4 is 4.74 Å². The normalized spacial score (nSPS) is 12.6. The van der Waals surface area contributed by atoms with Crippen LogP contribution in [0.5, 0.6) is 5.75 Å². The van der Waals surface area contributed by atoms with Gasteiger partial charge in [0.1, 0.15) is 5.60 Å². The van der Waals surface area contributed by atoms with E-state index in [0.29, 0.717) is 0 Å². The van der Waals surface area contributed by atoms with Crippen LogP contribution in [0.1, 0.15) is 38.7 Å². The van der Waals surface area contributed by atoms with Gasteiger partial charge in [-0.15, -0.1) is 13.2 Å². The van der Waals surface area contributed by atoms with Crippen molar-refractivity contribution in [3.05, 3.63) is 36.2 Å². The van der Waals surface area contributed by atoms with Crippen LogP contribution >= 0.6 is 0 Å². The van der Waals surface area contributed by atoms with E-state index in [1.165, 1.54) is 0 Å². The first-order valence-corrected chi connectivity index (χ1v) is 8.50. The molecule has 0 spiro atoms. The van der Waals surface area contributed by atoms with E-state index in [4.69, 9.17) is 4.74 Å². The first kappa shape index (κ1) is 23.4. The number of esters is 1. The highest BCUT2D eigenvalue weighted by atomic mass is 19.4. The summed E-state index contributed by atoms with van der Waals surface area (Å²) in [6, 6.07) is 1.16. The van der Waals surface area contributed by atoms with Crippen LogP contribution in [-0.2, 0) is 22.1 Å². The molecule has 2 heterocycles. The molecule has 0 saturated heterocycles. The molecular weight excluding hydrogens is 420 g/mol. The van der Waals surface area contributed by atoms with Crippen LogP contribution in [0.15, 0.2) is 24.7 Å². The molecule has 0 aliphatic rings. The lowest BCUT2D eigenvalue weighted by atomic mass is 10.1. The van der Waals surface area contributed by atoms with E-state index in [2.05, 4.69) is 19.7 Å². The number of aromatic nitrogens is 3. The third-order valence-corrected chi connectivity index (χ3v) is 3.37. The number of halogens is 6. The molecule has 0 radical (unpaired) electrons. The molecule has 12 heteroatoms. The van der Waals surface area contributed by atoms with E-state index in [-0.39, 0.29) is 29.7 Å². The van der Waals surface area contributed by atoms with E-state index in [1.54, 1.807) is 20.8 Å². The summed E-state index contributed by atoms with van der Waals surface area (Å²) in [6.45, 7) is 5.03. The van der Waals surface area contributed by atoms with Crippen molar-refractivity contribution in [1.82, 2.24) is 15.0 Å². The Morgan fingerprint density at radius 1 is 0.967 bits per heavy atom. The third-order valence-electron chi connectivity index (χ3n) is 3.37. The van der Waals surface area contributed by atoms with Gasteiger partial charge in [0.15, 0.2) is 5.75 Å². The predicted molar refractivity (Wildman–Crippen MR) is 91.1 cm³/mol. The molecule has 6 nitrogen and oxygen atoms in total. The zero-order valence-corrected chi connectivity index (χ0v) is 16.1. The monoisotopic (exact) mass is 437 g/mol. The standard InChI is InChI=1S/C18H17F6N3O3/c1-16(2,3)30-14(28)5-4-11-6-12(13(9-25-11)29-18(22,23)24)10-7-26-15(27-8-10)17(19,20)21/h6-9H,4-5H2,1-3H3. The molecule has 2 rings (SSSR count). The van der Waals surface area contributed by atoms with E-state index in [1.807, 2.05) is 0 Å². The van der Waals surface area contributed by atoms with Crippen molar-refractivity contribution in [3.8, 4) is 16.9 Å². The maximum Gasteiger partial charge on any atom is 0.573 e. The van der Waals surface area contributed by atoms with E-state index in [9.17, 15) is 31.1 Å². The van der Waals surface area contributed by atoms with Crippen molar-refractivity contribution in [2.45, 2.75) is 51.8 Å². The van der Waals surface area contributed by atoms with Gasteiger partial charge in [-0.25, -0.2) is 9.97 Å². The molecule has 0 unspecified atom stereocenters. The van der Waals surface area contributed by atoms with E-state index >= 15 is 0 Å². The van der Waals surface area contributed by atoms with E-state index in [0.717, 1.165) is 24.7 Å². The summed E-state index contributed by atoms with van der Waals surface area (Å²) in [4.78, 5) is 21.9. The van der Waals surface area contributed by atoms with Gasteiger partial charge in [0.25, 0.3) is 0 Å². The lowest BCUT2D eigenvalue weighted by Crippen LogP contribution is -2.24. The van der Waals surface area contributed by atoms with Gasteiger partial charge in [0.05, 0.1) is 12.6 Å².